The Morgan fingerprint density at radius 1 is 1.17 bits per heavy atom. The molecule has 0 aliphatic heterocycles. The van der Waals surface area contributed by atoms with Crippen LogP contribution in [0.3, 0.4) is 0 Å². The molecule has 0 aromatic carbocycles. The van der Waals surface area contributed by atoms with E-state index in [2.05, 4.69) is 9.98 Å². The van der Waals surface area contributed by atoms with Crippen LogP contribution in [0.15, 0.2) is 4.99 Å². The van der Waals surface area contributed by atoms with Crippen molar-refractivity contribution in [3.8, 4) is 0 Å². The van der Waals surface area contributed by atoms with E-state index in [1.807, 2.05) is 27.7 Å². The summed E-state index contributed by atoms with van der Waals surface area (Å²) in [4.78, 5) is 33.7. The van der Waals surface area contributed by atoms with Crippen LogP contribution in [0.25, 0.3) is 0 Å². The van der Waals surface area contributed by atoms with Crippen molar-refractivity contribution in [3.05, 3.63) is 10.6 Å². The number of aliphatic imine (C=N–C) groups is 1. The summed E-state index contributed by atoms with van der Waals surface area (Å²) in [7, 11) is 0. The first-order valence-electron chi connectivity index (χ1n) is 7.87. The van der Waals surface area contributed by atoms with Gasteiger partial charge in [0.15, 0.2) is 5.92 Å². The number of carbonyl (C=O) groups is 2. The van der Waals surface area contributed by atoms with E-state index in [0.717, 1.165) is 17.0 Å². The molecule has 6 nitrogen and oxygen atoms in total. The third-order valence-corrected chi connectivity index (χ3v) is 3.88. The minimum Gasteiger partial charge on any atom is -0.465 e. The second-order valence-electron chi connectivity index (χ2n) is 4.94. The molecule has 23 heavy (non-hydrogen) atoms. The third kappa shape index (κ3) is 6.09. The van der Waals surface area contributed by atoms with Gasteiger partial charge in [-0.1, -0.05) is 32.1 Å². The van der Waals surface area contributed by atoms with Crippen molar-refractivity contribution >= 4 is 34.6 Å². The van der Waals surface area contributed by atoms with Gasteiger partial charge in [0, 0.05) is 11.1 Å². The van der Waals surface area contributed by atoms with Crippen LogP contribution in [0.4, 0.5) is 5.13 Å². The van der Waals surface area contributed by atoms with E-state index in [9.17, 15) is 9.59 Å². The first kappa shape index (κ1) is 19.3. The Bertz CT molecular complexity index is 534. The molecule has 0 saturated heterocycles. The van der Waals surface area contributed by atoms with Gasteiger partial charge in [0.25, 0.3) is 0 Å². The first-order valence-corrected chi connectivity index (χ1v) is 8.68. The standard InChI is InChI=1S/C16H24N2O4S/c1-5-8-21-14(19)12(15(20)22-9-6-2)10-17-16-18-13(7-3)11(4)23-16/h10,12H,5-9H2,1-4H3. The largest absolute Gasteiger partial charge is 0.465 e. The second-order valence-corrected chi connectivity index (χ2v) is 6.13. The molecule has 0 fully saturated rings. The van der Waals surface area contributed by atoms with Gasteiger partial charge in [0.2, 0.25) is 5.13 Å². The third-order valence-electron chi connectivity index (χ3n) is 2.96. The summed E-state index contributed by atoms with van der Waals surface area (Å²) in [6, 6.07) is 0. The molecule has 0 amide bonds. The molecule has 1 heterocycles. The monoisotopic (exact) mass is 340 g/mol. The Morgan fingerprint density at radius 3 is 2.17 bits per heavy atom. The molecular weight excluding hydrogens is 316 g/mol. The van der Waals surface area contributed by atoms with Gasteiger partial charge >= 0.3 is 11.9 Å². The maximum Gasteiger partial charge on any atom is 0.325 e. The Morgan fingerprint density at radius 2 is 1.74 bits per heavy atom. The van der Waals surface area contributed by atoms with Crippen molar-refractivity contribution in [1.82, 2.24) is 4.98 Å². The SMILES string of the molecule is CCCOC(=O)C(C=Nc1nc(CC)c(C)s1)C(=O)OCCC. The lowest BCUT2D eigenvalue weighted by molar-refractivity contribution is -0.158. The average molecular weight is 340 g/mol. The van der Waals surface area contributed by atoms with E-state index < -0.39 is 17.9 Å². The van der Waals surface area contributed by atoms with Crippen molar-refractivity contribution in [2.75, 3.05) is 13.2 Å². The predicted molar refractivity (Wildman–Crippen MR) is 90.4 cm³/mol. The summed E-state index contributed by atoms with van der Waals surface area (Å²) in [5, 5.41) is 0.524. The smallest absolute Gasteiger partial charge is 0.325 e. The zero-order chi connectivity index (χ0) is 17.2. The van der Waals surface area contributed by atoms with E-state index in [-0.39, 0.29) is 13.2 Å². The molecule has 1 aromatic rings. The van der Waals surface area contributed by atoms with Gasteiger partial charge in [-0.25, -0.2) is 9.98 Å². The van der Waals surface area contributed by atoms with Gasteiger partial charge < -0.3 is 9.47 Å². The lowest BCUT2D eigenvalue weighted by Gasteiger charge is -2.10. The van der Waals surface area contributed by atoms with E-state index >= 15 is 0 Å². The number of carbonyl (C=O) groups excluding carboxylic acids is 2. The number of aromatic nitrogens is 1. The molecule has 0 radical (unpaired) electrons. The van der Waals surface area contributed by atoms with Crippen LogP contribution in [-0.4, -0.2) is 36.4 Å². The highest BCUT2D eigenvalue weighted by molar-refractivity contribution is 7.15. The number of ether oxygens (including phenoxy) is 2. The van der Waals surface area contributed by atoms with Crippen molar-refractivity contribution in [2.45, 2.75) is 47.0 Å². The highest BCUT2D eigenvalue weighted by atomic mass is 32.1. The summed E-state index contributed by atoms with van der Waals surface area (Å²) < 4.78 is 10.1. The maximum atomic E-state index is 12.0. The lowest BCUT2D eigenvalue weighted by Crippen LogP contribution is -2.29. The molecule has 0 aliphatic rings. The average Bonchev–Trinajstić information content (AvgIpc) is 2.90. The van der Waals surface area contributed by atoms with Crippen molar-refractivity contribution in [1.29, 1.82) is 0 Å². The Balaban J connectivity index is 2.87. The van der Waals surface area contributed by atoms with Gasteiger partial charge in [0.1, 0.15) is 0 Å². The molecule has 0 N–H and O–H groups in total. The van der Waals surface area contributed by atoms with E-state index in [1.165, 1.54) is 17.6 Å². The fourth-order valence-electron chi connectivity index (χ4n) is 1.74. The number of nitrogens with zero attached hydrogens (tertiary/aromatic N) is 2. The lowest BCUT2D eigenvalue weighted by atomic mass is 10.2. The summed E-state index contributed by atoms with van der Waals surface area (Å²) in [5.41, 5.74) is 0.973. The van der Waals surface area contributed by atoms with Crippen LogP contribution in [0, 0.1) is 12.8 Å². The van der Waals surface area contributed by atoms with Crippen molar-refractivity contribution < 1.29 is 19.1 Å². The number of thiazole rings is 1. The fraction of sp³-hybridized carbons (Fsp3) is 0.625. The highest BCUT2D eigenvalue weighted by Crippen LogP contribution is 2.24. The molecule has 0 bridgehead atoms. The number of aryl methyl sites for hydroxylation is 2. The minimum atomic E-state index is -1.15. The quantitative estimate of drug-likeness (QED) is 0.392. The topological polar surface area (TPSA) is 77.9 Å². The summed E-state index contributed by atoms with van der Waals surface area (Å²) >= 11 is 1.43. The minimum absolute atomic E-state index is 0.264. The van der Waals surface area contributed by atoms with Crippen LogP contribution >= 0.6 is 11.3 Å². The zero-order valence-corrected chi connectivity index (χ0v) is 14.9. The van der Waals surface area contributed by atoms with Crippen LogP contribution < -0.4 is 0 Å². The maximum absolute atomic E-state index is 12.0. The van der Waals surface area contributed by atoms with E-state index in [1.54, 1.807) is 0 Å². The molecule has 0 aliphatic carbocycles. The Labute approximate surface area is 140 Å². The number of esters is 2. The molecule has 128 valence electrons. The van der Waals surface area contributed by atoms with Gasteiger partial charge in [-0.05, 0) is 26.2 Å². The van der Waals surface area contributed by atoms with Gasteiger partial charge in [-0.2, -0.15) is 0 Å². The van der Waals surface area contributed by atoms with Crippen molar-refractivity contribution in [2.24, 2.45) is 10.9 Å². The molecule has 0 atom stereocenters. The summed E-state index contributed by atoms with van der Waals surface area (Å²) in [6.45, 7) is 8.29. The Hall–Kier alpha value is -1.76. The summed E-state index contributed by atoms with van der Waals surface area (Å²) in [5.74, 6) is -2.43. The van der Waals surface area contributed by atoms with Gasteiger partial charge in [0.05, 0.1) is 18.9 Å². The predicted octanol–water partition coefficient (Wildman–Crippen LogP) is 3.24. The number of hydrogen-bond acceptors (Lipinski definition) is 7. The van der Waals surface area contributed by atoms with E-state index in [0.29, 0.717) is 18.0 Å². The molecule has 0 saturated carbocycles. The molecule has 0 spiro atoms. The Kier molecular flexibility index (Phi) is 8.47. The van der Waals surface area contributed by atoms with Crippen molar-refractivity contribution in [3.63, 3.8) is 0 Å². The van der Waals surface area contributed by atoms with Crippen LogP contribution in [0.2, 0.25) is 0 Å². The number of hydrogen-bond donors (Lipinski definition) is 0. The normalized spacial score (nSPS) is 11.2. The zero-order valence-electron chi connectivity index (χ0n) is 14.1. The van der Waals surface area contributed by atoms with Crippen LogP contribution in [0.5, 0.6) is 0 Å². The molecular formula is C16H24N2O4S. The fourth-order valence-corrected chi connectivity index (χ4v) is 2.59. The van der Waals surface area contributed by atoms with Gasteiger partial charge in [-0.3, -0.25) is 9.59 Å². The van der Waals surface area contributed by atoms with Crippen LogP contribution in [0.1, 0.15) is 44.2 Å². The molecule has 7 heteroatoms. The molecule has 0 unspecified atom stereocenters. The molecule has 1 aromatic heterocycles. The highest BCUT2D eigenvalue weighted by Gasteiger charge is 2.28. The number of rotatable bonds is 9. The second kappa shape index (κ2) is 10.1. The molecule has 1 rings (SSSR count). The first-order chi connectivity index (χ1) is 11.0. The van der Waals surface area contributed by atoms with Gasteiger partial charge in [-0.15, -0.1) is 0 Å². The summed E-state index contributed by atoms with van der Waals surface area (Å²) in [6.07, 6.45) is 3.46. The van der Waals surface area contributed by atoms with Crippen LogP contribution in [-0.2, 0) is 25.5 Å². The van der Waals surface area contributed by atoms with E-state index in [4.69, 9.17) is 9.47 Å².